The number of hydrogen-bond acceptors (Lipinski definition) is 7. The quantitative estimate of drug-likeness (QED) is 0.470. The molecule has 1 aromatic heterocycles. The molecule has 184 valence electrons. The number of aromatic nitrogens is 2. The molecular weight excluding hydrogens is 482 g/mol. The zero-order chi connectivity index (χ0) is 24.3. The monoisotopic (exact) mass is 511 g/mol. The summed E-state index contributed by atoms with van der Waals surface area (Å²) in [7, 11) is -3.54. The van der Waals surface area contributed by atoms with Crippen LogP contribution in [0.3, 0.4) is 0 Å². The lowest BCUT2D eigenvalue weighted by molar-refractivity contribution is -0.129. The number of rotatable bonds is 6. The minimum atomic E-state index is -3.54. The molecule has 2 saturated heterocycles. The molecule has 0 atom stereocenters. The number of para-hydroxylation sites is 2. The topological polar surface area (TPSA) is 86.7 Å². The van der Waals surface area contributed by atoms with Crippen LogP contribution in [0, 0.1) is 0 Å². The fraction of sp³-hybridized carbons (Fsp3) is 0.400. The summed E-state index contributed by atoms with van der Waals surface area (Å²) in [5.41, 5.74) is 1.68. The molecule has 3 heterocycles. The van der Waals surface area contributed by atoms with Gasteiger partial charge in [0.1, 0.15) is 5.03 Å². The van der Waals surface area contributed by atoms with Crippen LogP contribution >= 0.6 is 11.8 Å². The van der Waals surface area contributed by atoms with E-state index in [4.69, 9.17) is 9.97 Å². The molecule has 0 unspecified atom stereocenters. The molecule has 2 aliphatic rings. The van der Waals surface area contributed by atoms with Crippen LogP contribution in [0.1, 0.15) is 19.3 Å². The maximum absolute atomic E-state index is 13.0. The highest BCUT2D eigenvalue weighted by Crippen LogP contribution is 2.31. The van der Waals surface area contributed by atoms with Gasteiger partial charge in [0.05, 0.1) is 21.7 Å². The van der Waals surface area contributed by atoms with Crippen LogP contribution in [0.4, 0.5) is 5.82 Å². The van der Waals surface area contributed by atoms with Gasteiger partial charge in [-0.1, -0.05) is 42.1 Å². The van der Waals surface area contributed by atoms with Crippen LogP contribution in [0.2, 0.25) is 0 Å². The molecule has 10 heteroatoms. The van der Waals surface area contributed by atoms with Crippen molar-refractivity contribution in [2.75, 3.05) is 49.9 Å². The van der Waals surface area contributed by atoms with Gasteiger partial charge in [-0.2, -0.15) is 4.31 Å². The summed E-state index contributed by atoms with van der Waals surface area (Å²) in [5.74, 6) is 1.10. The second-order valence-electron chi connectivity index (χ2n) is 8.78. The Morgan fingerprint density at radius 2 is 1.43 bits per heavy atom. The molecule has 1 amide bonds. The van der Waals surface area contributed by atoms with Crippen molar-refractivity contribution in [2.24, 2.45) is 0 Å². The number of carbonyl (C=O) groups is 1. The lowest BCUT2D eigenvalue weighted by Gasteiger charge is -2.34. The first-order valence-electron chi connectivity index (χ1n) is 12.0. The highest BCUT2D eigenvalue weighted by molar-refractivity contribution is 8.00. The molecule has 2 aromatic carbocycles. The van der Waals surface area contributed by atoms with Crippen molar-refractivity contribution in [2.45, 2.75) is 29.2 Å². The van der Waals surface area contributed by atoms with E-state index in [9.17, 15) is 13.2 Å². The lowest BCUT2D eigenvalue weighted by Crippen LogP contribution is -2.50. The van der Waals surface area contributed by atoms with Crippen LogP contribution in [-0.2, 0) is 14.8 Å². The molecule has 2 fully saturated rings. The van der Waals surface area contributed by atoms with Gasteiger partial charge in [0.25, 0.3) is 0 Å². The van der Waals surface area contributed by atoms with Gasteiger partial charge in [-0.05, 0) is 43.5 Å². The van der Waals surface area contributed by atoms with Crippen LogP contribution < -0.4 is 4.90 Å². The van der Waals surface area contributed by atoms with E-state index in [1.807, 2.05) is 24.3 Å². The number of piperidine rings is 1. The van der Waals surface area contributed by atoms with Crippen LogP contribution in [0.25, 0.3) is 11.0 Å². The third kappa shape index (κ3) is 5.29. The van der Waals surface area contributed by atoms with Gasteiger partial charge < -0.3 is 9.80 Å². The van der Waals surface area contributed by atoms with Crippen molar-refractivity contribution in [3.8, 4) is 0 Å². The summed E-state index contributed by atoms with van der Waals surface area (Å²) in [4.78, 5) is 27.1. The van der Waals surface area contributed by atoms with Crippen LogP contribution in [0.15, 0.2) is 64.5 Å². The van der Waals surface area contributed by atoms with E-state index >= 15 is 0 Å². The number of thioether (sulfide) groups is 1. The average molecular weight is 512 g/mol. The van der Waals surface area contributed by atoms with Crippen molar-refractivity contribution in [1.82, 2.24) is 19.2 Å². The number of hydrogen-bond donors (Lipinski definition) is 0. The maximum Gasteiger partial charge on any atom is 0.243 e. The summed E-state index contributed by atoms with van der Waals surface area (Å²) in [6, 6.07) is 16.3. The third-order valence-electron chi connectivity index (χ3n) is 6.48. The predicted octanol–water partition coefficient (Wildman–Crippen LogP) is 3.25. The van der Waals surface area contributed by atoms with Crippen molar-refractivity contribution >= 4 is 44.5 Å². The summed E-state index contributed by atoms with van der Waals surface area (Å²) in [6.45, 7) is 3.26. The van der Waals surface area contributed by atoms with Gasteiger partial charge in [-0.25, -0.2) is 18.4 Å². The van der Waals surface area contributed by atoms with Gasteiger partial charge in [-0.15, -0.1) is 0 Å². The predicted molar refractivity (Wildman–Crippen MR) is 138 cm³/mol. The molecule has 0 bridgehead atoms. The number of fused-ring (bicyclic) bond motifs is 1. The molecule has 0 saturated carbocycles. The second kappa shape index (κ2) is 10.5. The van der Waals surface area contributed by atoms with Crippen molar-refractivity contribution in [3.05, 3.63) is 54.6 Å². The van der Waals surface area contributed by atoms with E-state index in [1.165, 1.54) is 22.5 Å². The first kappa shape index (κ1) is 24.0. The molecule has 3 aromatic rings. The standard InChI is InChI=1S/C25H29N5O3S2/c31-23(28-15-17-30(18-16-28)35(32,33)20-9-3-1-4-10-20)19-34-25-24(29-13-7-2-8-14-29)26-21-11-5-6-12-22(21)27-25/h1,3-6,9-12H,2,7-8,13-19H2. The van der Waals surface area contributed by atoms with E-state index < -0.39 is 10.0 Å². The third-order valence-corrected chi connectivity index (χ3v) is 9.33. The highest BCUT2D eigenvalue weighted by Gasteiger charge is 2.30. The SMILES string of the molecule is O=C(CSc1nc2ccccc2nc1N1CCCCC1)N1CCN(S(=O)(=O)c2ccccc2)CC1. The average Bonchev–Trinajstić information content (AvgIpc) is 2.92. The number of anilines is 1. The van der Waals surface area contributed by atoms with E-state index in [1.54, 1.807) is 35.2 Å². The number of amides is 1. The fourth-order valence-corrected chi connectivity index (χ4v) is 6.88. The van der Waals surface area contributed by atoms with E-state index in [0.717, 1.165) is 47.8 Å². The van der Waals surface area contributed by atoms with Gasteiger partial charge >= 0.3 is 0 Å². The summed E-state index contributed by atoms with van der Waals surface area (Å²) in [5, 5.41) is 0.782. The zero-order valence-electron chi connectivity index (χ0n) is 19.5. The van der Waals surface area contributed by atoms with Crippen LogP contribution in [-0.4, -0.2) is 78.5 Å². The Labute approximate surface area is 210 Å². The fourth-order valence-electron chi connectivity index (χ4n) is 4.52. The molecule has 5 rings (SSSR count). The number of piperazine rings is 1. The Hall–Kier alpha value is -2.69. The van der Waals surface area contributed by atoms with Crippen molar-refractivity contribution < 1.29 is 13.2 Å². The minimum absolute atomic E-state index is 0.00804. The maximum atomic E-state index is 13.0. The lowest BCUT2D eigenvalue weighted by atomic mass is 10.1. The molecule has 8 nitrogen and oxygen atoms in total. The van der Waals surface area contributed by atoms with E-state index in [0.29, 0.717) is 26.2 Å². The molecule has 35 heavy (non-hydrogen) atoms. The summed E-state index contributed by atoms with van der Waals surface area (Å²) < 4.78 is 27.2. The molecular formula is C25H29N5O3S2. The first-order chi connectivity index (χ1) is 17.0. The Balaban J connectivity index is 1.25. The Morgan fingerprint density at radius 3 is 2.11 bits per heavy atom. The van der Waals surface area contributed by atoms with Crippen molar-refractivity contribution in [3.63, 3.8) is 0 Å². The Bertz CT molecular complexity index is 1290. The van der Waals surface area contributed by atoms with Gasteiger partial charge in [-0.3, -0.25) is 4.79 Å². The number of carbonyl (C=O) groups excluding carboxylic acids is 1. The molecule has 0 N–H and O–H groups in total. The number of sulfonamides is 1. The summed E-state index contributed by atoms with van der Waals surface area (Å²) >= 11 is 1.42. The van der Waals surface area contributed by atoms with Crippen LogP contribution in [0.5, 0.6) is 0 Å². The molecule has 0 aliphatic carbocycles. The minimum Gasteiger partial charge on any atom is -0.354 e. The molecule has 0 spiro atoms. The van der Waals surface area contributed by atoms with Crippen molar-refractivity contribution in [1.29, 1.82) is 0 Å². The normalized spacial score (nSPS) is 17.6. The van der Waals surface area contributed by atoms with Gasteiger partial charge in [0.2, 0.25) is 15.9 Å². The van der Waals surface area contributed by atoms with E-state index in [-0.39, 0.29) is 16.6 Å². The Morgan fingerprint density at radius 1 is 0.800 bits per heavy atom. The zero-order valence-corrected chi connectivity index (χ0v) is 21.2. The smallest absolute Gasteiger partial charge is 0.243 e. The highest BCUT2D eigenvalue weighted by atomic mass is 32.2. The number of benzene rings is 2. The second-order valence-corrected chi connectivity index (χ2v) is 11.7. The summed E-state index contributed by atoms with van der Waals surface area (Å²) in [6.07, 6.45) is 3.49. The molecule has 0 radical (unpaired) electrons. The largest absolute Gasteiger partial charge is 0.354 e. The van der Waals surface area contributed by atoms with E-state index in [2.05, 4.69) is 4.90 Å². The van der Waals surface area contributed by atoms with Gasteiger partial charge in [0, 0.05) is 39.3 Å². The molecule has 2 aliphatic heterocycles. The number of nitrogens with zero attached hydrogens (tertiary/aromatic N) is 5. The first-order valence-corrected chi connectivity index (χ1v) is 14.4. The Kier molecular flexibility index (Phi) is 7.22. The van der Waals surface area contributed by atoms with Gasteiger partial charge in [0.15, 0.2) is 5.82 Å².